The van der Waals surface area contributed by atoms with Crippen LogP contribution in [-0.2, 0) is 4.79 Å². The Morgan fingerprint density at radius 1 is 1.08 bits per heavy atom. The third-order valence-corrected chi connectivity index (χ3v) is 4.70. The summed E-state index contributed by atoms with van der Waals surface area (Å²) in [6.45, 7) is 2.17. The summed E-state index contributed by atoms with van der Waals surface area (Å²) in [6, 6.07) is 14.9. The molecule has 2 aromatic carbocycles. The van der Waals surface area contributed by atoms with Gasteiger partial charge in [0.05, 0.1) is 0 Å². The van der Waals surface area contributed by atoms with Crippen LogP contribution < -0.4 is 10.6 Å². The number of carbonyl (C=O) groups excluding carboxylic acids is 2. The van der Waals surface area contributed by atoms with Gasteiger partial charge >= 0.3 is 0 Å². The smallest absolute Gasteiger partial charge is 0.251 e. The molecule has 0 spiro atoms. The van der Waals surface area contributed by atoms with Crippen molar-refractivity contribution in [1.29, 1.82) is 0 Å². The molecule has 0 aliphatic carbocycles. The third kappa shape index (κ3) is 4.55. The average Bonchev–Trinajstić information content (AvgIpc) is 3.17. The number of aromatic nitrogens is 1. The summed E-state index contributed by atoms with van der Waals surface area (Å²) in [5.74, 6) is -0.305. The van der Waals surface area contributed by atoms with E-state index in [0.29, 0.717) is 5.56 Å². The van der Waals surface area contributed by atoms with E-state index in [1.807, 2.05) is 54.8 Å². The minimum absolute atomic E-state index is 0.142. The lowest BCUT2D eigenvalue weighted by Crippen LogP contribution is -2.28. The van der Waals surface area contributed by atoms with Crippen LogP contribution in [0.15, 0.2) is 60.1 Å². The molecule has 0 unspecified atom stereocenters. The first-order valence-corrected chi connectivity index (χ1v) is 9.15. The fourth-order valence-corrected chi connectivity index (χ4v) is 3.14. The van der Waals surface area contributed by atoms with Crippen molar-refractivity contribution in [3.8, 4) is 10.6 Å². The molecule has 0 radical (unpaired) electrons. The maximum absolute atomic E-state index is 12.1. The monoisotopic (exact) mass is 365 g/mol. The SMILES string of the molecule is Cc1ccccc1C(=O)NCCC(=O)Nc1ccc(-c2nccs2)cc1. The van der Waals surface area contributed by atoms with Gasteiger partial charge in [0.1, 0.15) is 5.01 Å². The molecule has 6 heteroatoms. The van der Waals surface area contributed by atoms with Crippen molar-refractivity contribution in [3.05, 3.63) is 71.2 Å². The van der Waals surface area contributed by atoms with Gasteiger partial charge in [-0.2, -0.15) is 0 Å². The molecule has 0 aliphatic heterocycles. The molecular formula is C20H19N3O2S. The Kier molecular flexibility index (Phi) is 5.76. The second kappa shape index (κ2) is 8.40. The summed E-state index contributed by atoms with van der Waals surface area (Å²) in [6.07, 6.45) is 1.98. The second-order valence-corrected chi connectivity index (χ2v) is 6.68. The summed E-state index contributed by atoms with van der Waals surface area (Å²) >= 11 is 1.57. The van der Waals surface area contributed by atoms with Crippen molar-refractivity contribution in [2.75, 3.05) is 11.9 Å². The quantitative estimate of drug-likeness (QED) is 0.696. The minimum Gasteiger partial charge on any atom is -0.352 e. The Balaban J connectivity index is 1.47. The Hall–Kier alpha value is -2.99. The highest BCUT2D eigenvalue weighted by molar-refractivity contribution is 7.13. The van der Waals surface area contributed by atoms with Gasteiger partial charge in [-0.3, -0.25) is 9.59 Å². The van der Waals surface area contributed by atoms with E-state index >= 15 is 0 Å². The molecular weight excluding hydrogens is 346 g/mol. The van der Waals surface area contributed by atoms with E-state index in [4.69, 9.17) is 0 Å². The predicted molar refractivity (Wildman–Crippen MR) is 104 cm³/mol. The third-order valence-electron chi connectivity index (χ3n) is 3.88. The number of hydrogen-bond donors (Lipinski definition) is 2. The molecule has 2 N–H and O–H groups in total. The molecule has 132 valence electrons. The van der Waals surface area contributed by atoms with Crippen molar-refractivity contribution < 1.29 is 9.59 Å². The highest BCUT2D eigenvalue weighted by atomic mass is 32.1. The maximum atomic E-state index is 12.1. The van der Waals surface area contributed by atoms with Gasteiger partial charge in [0.15, 0.2) is 0 Å². The number of amides is 2. The highest BCUT2D eigenvalue weighted by Crippen LogP contribution is 2.23. The van der Waals surface area contributed by atoms with Crippen LogP contribution in [0.2, 0.25) is 0 Å². The zero-order valence-corrected chi connectivity index (χ0v) is 15.2. The molecule has 26 heavy (non-hydrogen) atoms. The Labute approximate surface area is 156 Å². The van der Waals surface area contributed by atoms with Crippen LogP contribution in [0.5, 0.6) is 0 Å². The number of nitrogens with zero attached hydrogens (tertiary/aromatic N) is 1. The molecule has 3 rings (SSSR count). The van der Waals surface area contributed by atoms with Gasteiger partial charge in [-0.25, -0.2) is 4.98 Å². The molecule has 0 aliphatic rings. The van der Waals surface area contributed by atoms with Gasteiger partial charge < -0.3 is 10.6 Å². The molecule has 3 aromatic rings. The van der Waals surface area contributed by atoms with E-state index in [1.165, 1.54) is 0 Å². The number of anilines is 1. The number of aryl methyl sites for hydroxylation is 1. The van der Waals surface area contributed by atoms with Crippen molar-refractivity contribution >= 4 is 28.8 Å². The molecule has 0 saturated heterocycles. The van der Waals surface area contributed by atoms with Crippen LogP contribution in [-0.4, -0.2) is 23.3 Å². The lowest BCUT2D eigenvalue weighted by atomic mass is 10.1. The Morgan fingerprint density at radius 3 is 2.54 bits per heavy atom. The fourth-order valence-electron chi connectivity index (χ4n) is 2.50. The molecule has 0 saturated carbocycles. The lowest BCUT2D eigenvalue weighted by Gasteiger charge is -2.08. The molecule has 5 nitrogen and oxygen atoms in total. The zero-order valence-electron chi connectivity index (χ0n) is 14.4. The van der Waals surface area contributed by atoms with E-state index in [2.05, 4.69) is 15.6 Å². The average molecular weight is 365 g/mol. The van der Waals surface area contributed by atoms with Crippen molar-refractivity contribution in [2.45, 2.75) is 13.3 Å². The van der Waals surface area contributed by atoms with Crippen LogP contribution in [0.3, 0.4) is 0 Å². The van der Waals surface area contributed by atoms with Gasteiger partial charge in [0, 0.05) is 41.4 Å². The van der Waals surface area contributed by atoms with E-state index in [1.54, 1.807) is 23.6 Å². The zero-order chi connectivity index (χ0) is 18.4. The van der Waals surface area contributed by atoms with Crippen molar-refractivity contribution in [3.63, 3.8) is 0 Å². The molecule has 0 atom stereocenters. The van der Waals surface area contributed by atoms with E-state index in [0.717, 1.165) is 21.8 Å². The predicted octanol–water partition coefficient (Wildman–Crippen LogP) is 3.88. The van der Waals surface area contributed by atoms with Gasteiger partial charge in [-0.15, -0.1) is 11.3 Å². The number of rotatable bonds is 6. The largest absolute Gasteiger partial charge is 0.352 e. The lowest BCUT2D eigenvalue weighted by molar-refractivity contribution is -0.116. The molecule has 0 fully saturated rings. The normalized spacial score (nSPS) is 10.3. The van der Waals surface area contributed by atoms with Gasteiger partial charge in [0.2, 0.25) is 5.91 Å². The molecule has 2 amide bonds. The summed E-state index contributed by atoms with van der Waals surface area (Å²) < 4.78 is 0. The van der Waals surface area contributed by atoms with Gasteiger partial charge in [0.25, 0.3) is 5.91 Å². The van der Waals surface area contributed by atoms with Crippen LogP contribution >= 0.6 is 11.3 Å². The number of nitrogens with one attached hydrogen (secondary N) is 2. The minimum atomic E-state index is -0.163. The molecule has 0 bridgehead atoms. The Morgan fingerprint density at radius 2 is 1.85 bits per heavy atom. The first kappa shape index (κ1) is 17.8. The highest BCUT2D eigenvalue weighted by Gasteiger charge is 2.09. The van der Waals surface area contributed by atoms with Crippen LogP contribution in [0, 0.1) is 6.92 Å². The van der Waals surface area contributed by atoms with Crippen molar-refractivity contribution in [1.82, 2.24) is 10.3 Å². The first-order valence-electron chi connectivity index (χ1n) is 8.27. The summed E-state index contributed by atoms with van der Waals surface area (Å²) in [5, 5.41) is 8.48. The van der Waals surface area contributed by atoms with Crippen LogP contribution in [0.25, 0.3) is 10.6 Å². The summed E-state index contributed by atoms with van der Waals surface area (Å²) in [5.41, 5.74) is 3.28. The summed E-state index contributed by atoms with van der Waals surface area (Å²) in [4.78, 5) is 28.4. The molecule has 1 heterocycles. The number of hydrogen-bond acceptors (Lipinski definition) is 4. The number of benzene rings is 2. The molecule has 1 aromatic heterocycles. The van der Waals surface area contributed by atoms with E-state index < -0.39 is 0 Å². The van der Waals surface area contributed by atoms with Crippen LogP contribution in [0.4, 0.5) is 5.69 Å². The van der Waals surface area contributed by atoms with Gasteiger partial charge in [-0.05, 0) is 42.8 Å². The maximum Gasteiger partial charge on any atom is 0.251 e. The summed E-state index contributed by atoms with van der Waals surface area (Å²) in [7, 11) is 0. The van der Waals surface area contributed by atoms with Crippen molar-refractivity contribution in [2.24, 2.45) is 0 Å². The topological polar surface area (TPSA) is 71.1 Å². The first-order chi connectivity index (χ1) is 12.6. The Bertz CT molecular complexity index is 890. The number of thiazole rings is 1. The van der Waals surface area contributed by atoms with E-state index in [-0.39, 0.29) is 24.8 Å². The second-order valence-electron chi connectivity index (χ2n) is 5.78. The van der Waals surface area contributed by atoms with E-state index in [9.17, 15) is 9.59 Å². The number of carbonyl (C=O) groups is 2. The van der Waals surface area contributed by atoms with Crippen LogP contribution in [0.1, 0.15) is 22.3 Å². The fraction of sp³-hybridized carbons (Fsp3) is 0.150. The van der Waals surface area contributed by atoms with Gasteiger partial charge in [-0.1, -0.05) is 18.2 Å². The standard InChI is InChI=1S/C20H19N3O2S/c1-14-4-2-3-5-17(14)19(25)21-11-10-18(24)23-16-8-6-15(7-9-16)20-22-12-13-26-20/h2-9,12-13H,10-11H2,1H3,(H,21,25)(H,23,24).